The molecule has 0 saturated carbocycles. The first-order valence-corrected chi connectivity index (χ1v) is 9.62. The largest absolute Gasteiger partial charge is 0.508 e. The highest BCUT2D eigenvalue weighted by atomic mass is 32.2. The van der Waals surface area contributed by atoms with Crippen molar-refractivity contribution in [2.75, 3.05) is 6.61 Å². The third kappa shape index (κ3) is 4.85. The van der Waals surface area contributed by atoms with Crippen molar-refractivity contribution in [3.05, 3.63) is 60.4 Å². The summed E-state index contributed by atoms with van der Waals surface area (Å²) in [6, 6.07) is 6.12. The lowest BCUT2D eigenvalue weighted by Crippen LogP contribution is -2.25. The molecule has 0 aliphatic carbocycles. The average Bonchev–Trinajstić information content (AvgIpc) is 2.58. The van der Waals surface area contributed by atoms with E-state index in [1.807, 2.05) is 0 Å². The number of benzene rings is 2. The molecule has 0 amide bonds. The first-order valence-electron chi connectivity index (χ1n) is 8.14. The minimum absolute atomic E-state index is 0.0370. The van der Waals surface area contributed by atoms with Crippen LogP contribution in [0.5, 0.6) is 17.2 Å². The summed E-state index contributed by atoms with van der Waals surface area (Å²) in [5, 5.41) is 14.9. The fourth-order valence-electron chi connectivity index (χ4n) is 2.43. The van der Waals surface area contributed by atoms with Gasteiger partial charge in [0.15, 0.2) is 0 Å². The Morgan fingerprint density at radius 3 is 2.46 bits per heavy atom. The lowest BCUT2D eigenvalue weighted by atomic mass is 9.99. The Morgan fingerprint density at radius 1 is 1.25 bits per heavy atom. The number of alkyl halides is 2. The Hall–Kier alpha value is -2.52. The van der Waals surface area contributed by atoms with Crippen LogP contribution in [-0.4, -0.2) is 30.5 Å². The van der Waals surface area contributed by atoms with E-state index < -0.39 is 31.7 Å². The Morgan fingerprint density at radius 2 is 1.93 bits per heavy atom. The van der Waals surface area contributed by atoms with Gasteiger partial charge in [0.25, 0.3) is 0 Å². The van der Waals surface area contributed by atoms with Gasteiger partial charge in [-0.25, -0.2) is 12.8 Å². The maximum absolute atomic E-state index is 13.5. The quantitative estimate of drug-likeness (QED) is 0.635. The first kappa shape index (κ1) is 21.8. The van der Waals surface area contributed by atoms with Gasteiger partial charge in [0.1, 0.15) is 23.1 Å². The van der Waals surface area contributed by atoms with Crippen LogP contribution in [0.2, 0.25) is 0 Å². The van der Waals surface area contributed by atoms with Gasteiger partial charge in [-0.3, -0.25) is 0 Å². The van der Waals surface area contributed by atoms with Crippen molar-refractivity contribution in [2.24, 2.45) is 5.92 Å². The molecular formula is C19H19F3O5S. The van der Waals surface area contributed by atoms with Gasteiger partial charge in [-0.2, -0.15) is 8.78 Å². The second-order valence-electron chi connectivity index (χ2n) is 6.21. The van der Waals surface area contributed by atoms with E-state index in [-0.39, 0.29) is 42.8 Å². The highest BCUT2D eigenvalue weighted by Crippen LogP contribution is 2.35. The van der Waals surface area contributed by atoms with E-state index in [1.165, 1.54) is 6.08 Å². The molecule has 0 spiro atoms. The molecule has 0 aromatic heterocycles. The van der Waals surface area contributed by atoms with Crippen LogP contribution in [0.1, 0.15) is 12.5 Å². The predicted molar refractivity (Wildman–Crippen MR) is 96.9 cm³/mol. The van der Waals surface area contributed by atoms with Crippen LogP contribution in [0.15, 0.2) is 53.9 Å². The Labute approximate surface area is 160 Å². The summed E-state index contributed by atoms with van der Waals surface area (Å²) in [5.41, 5.74) is 0.188. The number of aliphatic hydroxyl groups excluding tert-OH is 1. The van der Waals surface area contributed by atoms with E-state index >= 15 is 0 Å². The number of aliphatic hydroxyl groups is 1. The number of ether oxygens (including phenoxy) is 1. The zero-order valence-corrected chi connectivity index (χ0v) is 15.7. The van der Waals surface area contributed by atoms with Crippen LogP contribution >= 0.6 is 0 Å². The molecule has 9 heteroatoms. The lowest BCUT2D eigenvalue weighted by Gasteiger charge is -2.17. The van der Waals surface area contributed by atoms with Crippen LogP contribution in [0, 0.1) is 11.7 Å². The minimum atomic E-state index is -4.93. The fourth-order valence-corrected chi connectivity index (χ4v) is 3.39. The molecule has 0 radical (unpaired) electrons. The van der Waals surface area contributed by atoms with Gasteiger partial charge in [-0.1, -0.05) is 6.08 Å². The summed E-state index contributed by atoms with van der Waals surface area (Å²) in [6.07, 6.45) is 1.46. The van der Waals surface area contributed by atoms with Crippen LogP contribution < -0.4 is 4.74 Å². The van der Waals surface area contributed by atoms with Crippen molar-refractivity contribution in [3.63, 3.8) is 0 Å². The molecule has 2 aromatic carbocycles. The van der Waals surface area contributed by atoms with Gasteiger partial charge in [0.2, 0.25) is 9.84 Å². The Kier molecular flexibility index (Phi) is 6.41. The van der Waals surface area contributed by atoms with Crippen molar-refractivity contribution in [1.82, 2.24) is 0 Å². The van der Waals surface area contributed by atoms with E-state index in [4.69, 9.17) is 4.74 Å². The average molecular weight is 416 g/mol. The molecule has 5 nitrogen and oxygen atoms in total. The third-order valence-electron chi connectivity index (χ3n) is 3.95. The standard InChI is InChI=1S/C19H19F3O5S/c1-3-12(11-23)6-13-7-17(28(25,26)19(2,21)22)4-5-18(13)27-16-9-14(20)8-15(24)10-16/h3-5,7-10,12,23-24H,1,6,11H2,2H3. The van der Waals surface area contributed by atoms with Crippen LogP contribution in [0.25, 0.3) is 0 Å². The third-order valence-corrected chi connectivity index (χ3v) is 5.77. The topological polar surface area (TPSA) is 83.8 Å². The van der Waals surface area contributed by atoms with E-state index in [1.54, 1.807) is 0 Å². The molecule has 2 rings (SSSR count). The summed E-state index contributed by atoms with van der Waals surface area (Å²) in [4.78, 5) is -0.620. The smallest absolute Gasteiger partial charge is 0.347 e. The van der Waals surface area contributed by atoms with Gasteiger partial charge in [0, 0.05) is 37.6 Å². The zero-order chi connectivity index (χ0) is 21.1. The van der Waals surface area contributed by atoms with Crippen LogP contribution in [0.4, 0.5) is 13.2 Å². The summed E-state index contributed by atoms with van der Waals surface area (Å²) in [5.74, 6) is -1.66. The number of phenolic OH excluding ortho intramolecular Hbond substituents is 1. The SMILES string of the molecule is C=CC(CO)Cc1cc(S(=O)(=O)C(C)(F)F)ccc1Oc1cc(O)cc(F)c1. The van der Waals surface area contributed by atoms with E-state index in [0.717, 1.165) is 36.4 Å². The Balaban J connectivity index is 2.53. The minimum Gasteiger partial charge on any atom is -0.508 e. The molecule has 152 valence electrons. The van der Waals surface area contributed by atoms with Crippen molar-refractivity contribution < 1.29 is 36.5 Å². The molecule has 0 heterocycles. The highest BCUT2D eigenvalue weighted by Gasteiger charge is 2.41. The fraction of sp³-hybridized carbons (Fsp3) is 0.263. The van der Waals surface area contributed by atoms with Gasteiger partial charge in [-0.05, 0) is 30.2 Å². The van der Waals surface area contributed by atoms with Crippen molar-refractivity contribution in [1.29, 1.82) is 0 Å². The maximum Gasteiger partial charge on any atom is 0.347 e. The number of rotatable bonds is 8. The predicted octanol–water partition coefficient (Wildman–Crippen LogP) is 4.05. The monoisotopic (exact) mass is 416 g/mol. The van der Waals surface area contributed by atoms with Gasteiger partial charge in [-0.15, -0.1) is 6.58 Å². The summed E-state index contributed by atoms with van der Waals surface area (Å²) >= 11 is 0. The van der Waals surface area contributed by atoms with E-state index in [2.05, 4.69) is 6.58 Å². The number of aromatic hydroxyl groups is 1. The second-order valence-corrected chi connectivity index (χ2v) is 8.41. The molecule has 1 atom stereocenters. The van der Waals surface area contributed by atoms with Crippen molar-refractivity contribution in [2.45, 2.75) is 23.5 Å². The zero-order valence-electron chi connectivity index (χ0n) is 14.9. The van der Waals surface area contributed by atoms with Gasteiger partial charge in [0.05, 0.1) is 4.90 Å². The van der Waals surface area contributed by atoms with Crippen molar-refractivity contribution in [3.8, 4) is 17.2 Å². The molecule has 0 saturated heterocycles. The molecule has 2 N–H and O–H groups in total. The summed E-state index contributed by atoms with van der Waals surface area (Å²) in [6.45, 7) is 3.52. The number of hydrogen-bond acceptors (Lipinski definition) is 5. The van der Waals surface area contributed by atoms with Crippen LogP contribution in [0.3, 0.4) is 0 Å². The van der Waals surface area contributed by atoms with Crippen LogP contribution in [-0.2, 0) is 16.3 Å². The van der Waals surface area contributed by atoms with Crippen molar-refractivity contribution >= 4 is 9.84 Å². The molecule has 0 aliphatic rings. The van der Waals surface area contributed by atoms with Gasteiger partial charge < -0.3 is 14.9 Å². The normalized spacial score (nSPS) is 13.2. The molecule has 28 heavy (non-hydrogen) atoms. The number of phenols is 1. The Bertz CT molecular complexity index is 948. The molecule has 1 unspecified atom stereocenters. The van der Waals surface area contributed by atoms with Gasteiger partial charge >= 0.3 is 5.25 Å². The summed E-state index contributed by atoms with van der Waals surface area (Å²) in [7, 11) is -4.93. The second kappa shape index (κ2) is 8.24. The van der Waals surface area contributed by atoms with E-state index in [0.29, 0.717) is 0 Å². The number of sulfone groups is 1. The summed E-state index contributed by atoms with van der Waals surface area (Å²) < 4.78 is 70.1. The molecular weight excluding hydrogens is 397 g/mol. The molecule has 0 aliphatic heterocycles. The maximum atomic E-state index is 13.5. The highest BCUT2D eigenvalue weighted by molar-refractivity contribution is 7.92. The molecule has 2 aromatic rings. The lowest BCUT2D eigenvalue weighted by molar-refractivity contribution is 0.114. The molecule has 0 bridgehead atoms. The van der Waals surface area contributed by atoms with E-state index in [9.17, 15) is 31.8 Å². The number of halogens is 3. The molecule has 0 fully saturated rings. The first-order chi connectivity index (χ1) is 13.0. The number of hydrogen-bond donors (Lipinski definition) is 2.